The van der Waals surface area contributed by atoms with Crippen LogP contribution in [0.25, 0.3) is 11.3 Å². The van der Waals surface area contributed by atoms with Gasteiger partial charge >= 0.3 is 0 Å². The van der Waals surface area contributed by atoms with Gasteiger partial charge in [-0.1, -0.05) is 24.3 Å². The van der Waals surface area contributed by atoms with E-state index in [1.165, 1.54) is 0 Å². The summed E-state index contributed by atoms with van der Waals surface area (Å²) >= 11 is 0. The smallest absolute Gasteiger partial charge is 0.185 e. The Morgan fingerprint density at radius 2 is 1.86 bits per heavy atom. The number of hydrogen-bond donors (Lipinski definition) is 1. The van der Waals surface area contributed by atoms with Gasteiger partial charge in [-0.15, -0.1) is 0 Å². The summed E-state index contributed by atoms with van der Waals surface area (Å²) in [4.78, 5) is 12.8. The molecule has 0 spiro atoms. The van der Waals surface area contributed by atoms with E-state index in [2.05, 4.69) is 4.90 Å². The highest BCUT2D eigenvalue weighted by Crippen LogP contribution is 2.24. The Hall–Kier alpha value is -1.95. The Morgan fingerprint density at radius 3 is 2.50 bits per heavy atom. The molecule has 3 rings (SSSR count). The van der Waals surface area contributed by atoms with Gasteiger partial charge in [0.05, 0.1) is 19.3 Å². The standard InChI is InChI=1S/C17H19NO4/c19-12-15-5-6-17(22-15)14-3-1-13(2-4-14)16(20)11-18-7-9-21-10-8-18/h1-6,12,16,20H,7-11H2. The fraction of sp³-hybridized carbons (Fsp3) is 0.353. The van der Waals surface area contributed by atoms with Gasteiger partial charge in [-0.3, -0.25) is 9.69 Å². The molecule has 1 N–H and O–H groups in total. The first-order chi connectivity index (χ1) is 10.8. The van der Waals surface area contributed by atoms with E-state index in [-0.39, 0.29) is 0 Å². The number of rotatable bonds is 5. The van der Waals surface area contributed by atoms with E-state index < -0.39 is 6.10 Å². The molecule has 1 unspecified atom stereocenters. The van der Waals surface area contributed by atoms with Crippen LogP contribution in [-0.2, 0) is 4.74 Å². The molecule has 116 valence electrons. The number of β-amino-alcohol motifs (C(OH)–C–C–N with tert-alkyl or cyclic N) is 1. The van der Waals surface area contributed by atoms with E-state index in [9.17, 15) is 9.90 Å². The van der Waals surface area contributed by atoms with Crippen LogP contribution in [0.4, 0.5) is 0 Å². The molecule has 2 aromatic rings. The normalized spacial score (nSPS) is 17.3. The number of aliphatic hydroxyl groups excluding tert-OH is 1. The average Bonchev–Trinajstić information content (AvgIpc) is 3.05. The maximum atomic E-state index is 10.6. The summed E-state index contributed by atoms with van der Waals surface area (Å²) in [5.41, 5.74) is 1.76. The van der Waals surface area contributed by atoms with E-state index in [1.807, 2.05) is 24.3 Å². The molecule has 1 aromatic carbocycles. The Balaban J connectivity index is 1.66. The van der Waals surface area contributed by atoms with Crippen LogP contribution >= 0.6 is 0 Å². The van der Waals surface area contributed by atoms with Crippen LogP contribution in [0.3, 0.4) is 0 Å². The molecule has 1 atom stereocenters. The second-order valence-corrected chi connectivity index (χ2v) is 5.37. The molecule has 5 nitrogen and oxygen atoms in total. The predicted octanol–water partition coefficient (Wildman–Crippen LogP) is 2.12. The van der Waals surface area contributed by atoms with Gasteiger partial charge in [0.1, 0.15) is 5.76 Å². The van der Waals surface area contributed by atoms with Crippen molar-refractivity contribution < 1.29 is 19.1 Å². The minimum atomic E-state index is -0.519. The van der Waals surface area contributed by atoms with Crippen molar-refractivity contribution in [3.63, 3.8) is 0 Å². The van der Waals surface area contributed by atoms with E-state index in [1.54, 1.807) is 12.1 Å². The third-order valence-corrected chi connectivity index (χ3v) is 3.86. The summed E-state index contributed by atoms with van der Waals surface area (Å²) in [5, 5.41) is 10.3. The number of ether oxygens (including phenoxy) is 1. The number of morpholine rings is 1. The third kappa shape index (κ3) is 3.44. The molecule has 0 saturated carbocycles. The van der Waals surface area contributed by atoms with Gasteiger partial charge in [-0.05, 0) is 17.7 Å². The van der Waals surface area contributed by atoms with Crippen molar-refractivity contribution in [1.82, 2.24) is 4.90 Å². The fourth-order valence-corrected chi connectivity index (χ4v) is 2.57. The zero-order valence-electron chi connectivity index (χ0n) is 12.3. The van der Waals surface area contributed by atoms with Crippen LogP contribution in [0.15, 0.2) is 40.8 Å². The molecular weight excluding hydrogens is 282 g/mol. The minimum Gasteiger partial charge on any atom is -0.453 e. The average molecular weight is 301 g/mol. The molecule has 0 aliphatic carbocycles. The summed E-state index contributed by atoms with van der Waals surface area (Å²) in [5.74, 6) is 0.961. The lowest BCUT2D eigenvalue weighted by molar-refractivity contribution is 0.0143. The lowest BCUT2D eigenvalue weighted by Gasteiger charge is -2.28. The first-order valence-electron chi connectivity index (χ1n) is 7.40. The van der Waals surface area contributed by atoms with Crippen molar-refractivity contribution in [3.8, 4) is 11.3 Å². The Morgan fingerprint density at radius 1 is 1.14 bits per heavy atom. The van der Waals surface area contributed by atoms with Crippen LogP contribution in [0.5, 0.6) is 0 Å². The van der Waals surface area contributed by atoms with Crippen LogP contribution in [0.2, 0.25) is 0 Å². The molecule has 1 aromatic heterocycles. The van der Waals surface area contributed by atoms with Crippen molar-refractivity contribution in [3.05, 3.63) is 47.7 Å². The maximum Gasteiger partial charge on any atom is 0.185 e. The summed E-state index contributed by atoms with van der Waals surface area (Å²) in [6.07, 6.45) is 0.165. The maximum absolute atomic E-state index is 10.6. The highest BCUT2D eigenvalue weighted by molar-refractivity contribution is 5.72. The van der Waals surface area contributed by atoms with Crippen LogP contribution in [0.1, 0.15) is 22.2 Å². The van der Waals surface area contributed by atoms with Crippen molar-refractivity contribution in [1.29, 1.82) is 0 Å². The van der Waals surface area contributed by atoms with Crippen molar-refractivity contribution >= 4 is 6.29 Å². The van der Waals surface area contributed by atoms with Gasteiger partial charge in [-0.2, -0.15) is 0 Å². The Labute approximate surface area is 129 Å². The zero-order chi connectivity index (χ0) is 15.4. The van der Waals surface area contributed by atoms with E-state index in [0.717, 1.165) is 37.4 Å². The Bertz CT molecular complexity index is 614. The third-order valence-electron chi connectivity index (χ3n) is 3.86. The van der Waals surface area contributed by atoms with Crippen molar-refractivity contribution in [2.45, 2.75) is 6.10 Å². The van der Waals surface area contributed by atoms with Gasteiger partial charge in [0.25, 0.3) is 0 Å². The molecule has 2 heterocycles. The molecule has 0 amide bonds. The van der Waals surface area contributed by atoms with Gasteiger partial charge in [0, 0.05) is 25.2 Å². The number of carbonyl (C=O) groups is 1. The lowest BCUT2D eigenvalue weighted by atomic mass is 10.1. The van der Waals surface area contributed by atoms with Crippen molar-refractivity contribution in [2.24, 2.45) is 0 Å². The summed E-state index contributed by atoms with van der Waals surface area (Å²) in [7, 11) is 0. The molecule has 0 bridgehead atoms. The highest BCUT2D eigenvalue weighted by atomic mass is 16.5. The number of hydrogen-bond acceptors (Lipinski definition) is 5. The summed E-state index contributed by atoms with van der Waals surface area (Å²) in [6.45, 7) is 3.78. The first-order valence-corrected chi connectivity index (χ1v) is 7.40. The fourth-order valence-electron chi connectivity index (χ4n) is 2.57. The van der Waals surface area contributed by atoms with E-state index in [4.69, 9.17) is 9.15 Å². The van der Waals surface area contributed by atoms with E-state index >= 15 is 0 Å². The summed E-state index contributed by atoms with van der Waals surface area (Å²) < 4.78 is 10.7. The van der Waals surface area contributed by atoms with Gasteiger partial charge in [0.2, 0.25) is 0 Å². The second-order valence-electron chi connectivity index (χ2n) is 5.37. The van der Waals surface area contributed by atoms with Gasteiger partial charge in [0.15, 0.2) is 12.0 Å². The van der Waals surface area contributed by atoms with E-state index in [0.29, 0.717) is 24.4 Å². The lowest BCUT2D eigenvalue weighted by Crippen LogP contribution is -2.38. The number of aliphatic hydroxyl groups is 1. The molecule has 1 aliphatic rings. The first kappa shape index (κ1) is 15.0. The van der Waals surface area contributed by atoms with Crippen LogP contribution in [0, 0.1) is 0 Å². The molecule has 1 fully saturated rings. The molecule has 5 heteroatoms. The number of carbonyl (C=O) groups excluding carboxylic acids is 1. The topological polar surface area (TPSA) is 62.9 Å². The minimum absolute atomic E-state index is 0.312. The zero-order valence-corrected chi connectivity index (χ0v) is 12.3. The molecule has 1 saturated heterocycles. The highest BCUT2D eigenvalue weighted by Gasteiger charge is 2.16. The SMILES string of the molecule is O=Cc1ccc(-c2ccc(C(O)CN3CCOCC3)cc2)o1. The number of aldehydes is 1. The molecule has 22 heavy (non-hydrogen) atoms. The number of nitrogens with zero attached hydrogens (tertiary/aromatic N) is 1. The molecule has 1 aliphatic heterocycles. The monoisotopic (exact) mass is 301 g/mol. The molecular formula is C17H19NO4. The van der Waals surface area contributed by atoms with Gasteiger partial charge < -0.3 is 14.3 Å². The quantitative estimate of drug-likeness (QED) is 0.857. The second kappa shape index (κ2) is 6.87. The number of furan rings is 1. The predicted molar refractivity (Wildman–Crippen MR) is 81.8 cm³/mol. The van der Waals surface area contributed by atoms with Crippen LogP contribution in [-0.4, -0.2) is 49.1 Å². The number of benzene rings is 1. The largest absolute Gasteiger partial charge is 0.453 e. The van der Waals surface area contributed by atoms with Crippen LogP contribution < -0.4 is 0 Å². The summed E-state index contributed by atoms with van der Waals surface area (Å²) in [6, 6.07) is 11.0. The Kier molecular flexibility index (Phi) is 4.68. The van der Waals surface area contributed by atoms with Gasteiger partial charge in [-0.25, -0.2) is 0 Å². The van der Waals surface area contributed by atoms with Crippen molar-refractivity contribution in [2.75, 3.05) is 32.8 Å². The molecule has 0 radical (unpaired) electrons.